The van der Waals surface area contributed by atoms with E-state index in [2.05, 4.69) is 0 Å². The van der Waals surface area contributed by atoms with Crippen LogP contribution in [0.1, 0.15) is 25.7 Å². The van der Waals surface area contributed by atoms with E-state index in [0.29, 0.717) is 4.88 Å². The van der Waals surface area contributed by atoms with E-state index in [0.717, 1.165) is 32.3 Å². The minimum absolute atomic E-state index is 0.400. The molecule has 1 heterocycles. The predicted octanol–water partition coefficient (Wildman–Crippen LogP) is 3.94. The lowest BCUT2D eigenvalue weighted by molar-refractivity contribution is 0.0702. The number of anilines is 1. The number of nitrogen functional groups attached to an aromatic ring is 1. The molecule has 3 nitrogen and oxygen atoms in total. The Morgan fingerprint density at radius 1 is 1.42 bits per heavy atom. The molecular weight excluding hydrogens is 278 g/mol. The lowest BCUT2D eigenvalue weighted by atomic mass is 10.2. The molecule has 3 N–H and O–H groups in total. The lowest BCUT2D eigenvalue weighted by Crippen LogP contribution is -1.91. The fourth-order valence-corrected chi connectivity index (χ4v) is 3.80. The Hall–Kier alpha value is -1.46. The Balaban J connectivity index is 2.14. The normalized spacial score (nSPS) is 10.6. The van der Waals surface area contributed by atoms with Crippen LogP contribution in [0.2, 0.25) is 0 Å². The maximum absolute atomic E-state index is 10.9. The maximum Gasteiger partial charge on any atom is 0.345 e. The SMILES string of the molecule is Cc1sc(C(=O)O)cc1CSc1cccc(N)c1C. The topological polar surface area (TPSA) is 63.3 Å². The van der Waals surface area contributed by atoms with Crippen molar-refractivity contribution in [2.75, 3.05) is 5.73 Å². The highest BCUT2D eigenvalue weighted by molar-refractivity contribution is 7.98. The van der Waals surface area contributed by atoms with Gasteiger partial charge in [-0.15, -0.1) is 23.1 Å². The van der Waals surface area contributed by atoms with Gasteiger partial charge in [-0.3, -0.25) is 0 Å². The van der Waals surface area contributed by atoms with E-state index in [4.69, 9.17) is 10.8 Å². The zero-order valence-electron chi connectivity index (χ0n) is 10.8. The summed E-state index contributed by atoms with van der Waals surface area (Å²) in [6, 6.07) is 7.62. The molecule has 2 aromatic rings. The molecule has 1 aromatic carbocycles. The number of hydrogen-bond donors (Lipinski definition) is 2. The van der Waals surface area contributed by atoms with Gasteiger partial charge >= 0.3 is 5.97 Å². The molecular formula is C14H15NO2S2. The molecule has 2 rings (SSSR count). The van der Waals surface area contributed by atoms with E-state index in [9.17, 15) is 4.79 Å². The maximum atomic E-state index is 10.9. The third-order valence-electron chi connectivity index (χ3n) is 2.94. The van der Waals surface area contributed by atoms with Crippen molar-refractivity contribution in [3.05, 3.63) is 45.1 Å². The molecule has 5 heteroatoms. The van der Waals surface area contributed by atoms with E-state index in [1.807, 2.05) is 32.0 Å². The number of aromatic carboxylic acids is 1. The van der Waals surface area contributed by atoms with Crippen LogP contribution in [0.15, 0.2) is 29.2 Å². The summed E-state index contributed by atoms with van der Waals surface area (Å²) in [5.41, 5.74) is 8.82. The van der Waals surface area contributed by atoms with Gasteiger partial charge in [0.2, 0.25) is 0 Å². The van der Waals surface area contributed by atoms with E-state index < -0.39 is 5.97 Å². The molecule has 0 bridgehead atoms. The summed E-state index contributed by atoms with van der Waals surface area (Å²) >= 11 is 3.01. The fourth-order valence-electron chi connectivity index (χ4n) is 1.71. The number of aryl methyl sites for hydroxylation is 1. The fraction of sp³-hybridized carbons (Fsp3) is 0.214. The van der Waals surface area contributed by atoms with Gasteiger partial charge in [0.15, 0.2) is 0 Å². The van der Waals surface area contributed by atoms with E-state index in [1.54, 1.807) is 17.8 Å². The molecule has 0 saturated heterocycles. The molecule has 0 spiro atoms. The highest BCUT2D eigenvalue weighted by Crippen LogP contribution is 2.32. The number of benzene rings is 1. The number of thiophene rings is 1. The summed E-state index contributed by atoms with van der Waals surface area (Å²) in [5, 5.41) is 8.98. The first kappa shape index (κ1) is 14.0. The summed E-state index contributed by atoms with van der Waals surface area (Å²) in [6.07, 6.45) is 0. The van der Waals surface area contributed by atoms with Crippen LogP contribution in [0.3, 0.4) is 0 Å². The number of thioether (sulfide) groups is 1. The van der Waals surface area contributed by atoms with Crippen LogP contribution in [0.5, 0.6) is 0 Å². The highest BCUT2D eigenvalue weighted by atomic mass is 32.2. The molecule has 0 aliphatic carbocycles. The first-order valence-electron chi connectivity index (χ1n) is 5.79. The van der Waals surface area contributed by atoms with Gasteiger partial charge in [-0.2, -0.15) is 0 Å². The second-order valence-electron chi connectivity index (χ2n) is 4.26. The highest BCUT2D eigenvalue weighted by Gasteiger charge is 2.11. The van der Waals surface area contributed by atoms with E-state index in [-0.39, 0.29) is 0 Å². The number of carbonyl (C=O) groups is 1. The van der Waals surface area contributed by atoms with Crippen LogP contribution in [-0.4, -0.2) is 11.1 Å². The minimum Gasteiger partial charge on any atom is -0.477 e. The molecule has 0 atom stereocenters. The first-order valence-corrected chi connectivity index (χ1v) is 7.59. The number of carboxylic acid groups (broad SMARTS) is 1. The molecule has 19 heavy (non-hydrogen) atoms. The molecule has 0 unspecified atom stereocenters. The number of nitrogens with two attached hydrogens (primary N) is 1. The van der Waals surface area contributed by atoms with Crippen molar-refractivity contribution in [3.8, 4) is 0 Å². The molecule has 100 valence electrons. The quantitative estimate of drug-likeness (QED) is 0.662. The minimum atomic E-state index is -0.857. The lowest BCUT2D eigenvalue weighted by Gasteiger charge is -2.07. The molecule has 0 aliphatic rings. The second kappa shape index (κ2) is 5.67. The second-order valence-corrected chi connectivity index (χ2v) is 6.53. The number of carboxylic acids is 1. The average Bonchev–Trinajstić information content (AvgIpc) is 2.73. The van der Waals surface area contributed by atoms with Crippen LogP contribution in [0.25, 0.3) is 0 Å². The van der Waals surface area contributed by atoms with Crippen molar-refractivity contribution in [1.82, 2.24) is 0 Å². The number of rotatable bonds is 4. The van der Waals surface area contributed by atoms with Crippen LogP contribution in [-0.2, 0) is 5.75 Å². The van der Waals surface area contributed by atoms with Crippen molar-refractivity contribution in [2.24, 2.45) is 0 Å². The van der Waals surface area contributed by atoms with Crippen LogP contribution < -0.4 is 5.73 Å². The average molecular weight is 293 g/mol. The van der Waals surface area contributed by atoms with Gasteiger partial charge in [0.1, 0.15) is 4.88 Å². The summed E-state index contributed by atoms with van der Waals surface area (Å²) in [7, 11) is 0. The third-order valence-corrected chi connectivity index (χ3v) is 5.23. The summed E-state index contributed by atoms with van der Waals surface area (Å²) in [4.78, 5) is 13.5. The molecule has 1 aromatic heterocycles. The number of hydrogen-bond acceptors (Lipinski definition) is 4. The van der Waals surface area contributed by atoms with Gasteiger partial charge in [0.05, 0.1) is 0 Å². The Morgan fingerprint density at radius 3 is 2.79 bits per heavy atom. The van der Waals surface area contributed by atoms with Gasteiger partial charge in [0.25, 0.3) is 0 Å². The Kier molecular flexibility index (Phi) is 4.17. The van der Waals surface area contributed by atoms with Crippen molar-refractivity contribution in [2.45, 2.75) is 24.5 Å². The molecule has 0 amide bonds. The monoisotopic (exact) mass is 293 g/mol. The molecule has 0 radical (unpaired) electrons. The van der Waals surface area contributed by atoms with Crippen molar-refractivity contribution in [1.29, 1.82) is 0 Å². The largest absolute Gasteiger partial charge is 0.477 e. The van der Waals surface area contributed by atoms with E-state index in [1.165, 1.54) is 11.3 Å². The van der Waals surface area contributed by atoms with Gasteiger partial charge in [-0.25, -0.2) is 4.79 Å². The molecule has 0 fully saturated rings. The predicted molar refractivity (Wildman–Crippen MR) is 81.2 cm³/mol. The van der Waals surface area contributed by atoms with Gasteiger partial charge in [-0.05, 0) is 43.2 Å². The smallest absolute Gasteiger partial charge is 0.345 e. The van der Waals surface area contributed by atoms with Crippen LogP contribution in [0.4, 0.5) is 5.69 Å². The van der Waals surface area contributed by atoms with Crippen LogP contribution in [0, 0.1) is 13.8 Å². The molecule has 0 saturated carbocycles. The van der Waals surface area contributed by atoms with Gasteiger partial charge in [-0.1, -0.05) is 6.07 Å². The summed E-state index contributed by atoms with van der Waals surface area (Å²) in [5.74, 6) is -0.0932. The van der Waals surface area contributed by atoms with Crippen LogP contribution >= 0.6 is 23.1 Å². The van der Waals surface area contributed by atoms with Gasteiger partial charge in [0, 0.05) is 21.2 Å². The summed E-state index contributed by atoms with van der Waals surface area (Å²) < 4.78 is 0. The van der Waals surface area contributed by atoms with Crippen molar-refractivity contribution >= 4 is 34.8 Å². The Bertz CT molecular complexity index is 620. The third kappa shape index (κ3) is 3.11. The standard InChI is InChI=1S/C14H15NO2S2/c1-8-11(15)4-3-5-12(8)18-7-10-6-13(14(16)17)19-9(10)2/h3-6H,7,15H2,1-2H3,(H,16,17). The molecule has 0 aliphatic heterocycles. The Labute approximate surface area is 120 Å². The van der Waals surface area contributed by atoms with E-state index >= 15 is 0 Å². The Morgan fingerprint density at radius 2 is 2.16 bits per heavy atom. The zero-order chi connectivity index (χ0) is 14.0. The van der Waals surface area contributed by atoms with Gasteiger partial charge < -0.3 is 10.8 Å². The zero-order valence-corrected chi connectivity index (χ0v) is 12.4. The summed E-state index contributed by atoms with van der Waals surface area (Å²) in [6.45, 7) is 3.96. The van der Waals surface area contributed by atoms with Crippen molar-refractivity contribution < 1.29 is 9.90 Å². The first-order chi connectivity index (χ1) is 8.99. The van der Waals surface area contributed by atoms with Crippen molar-refractivity contribution in [3.63, 3.8) is 0 Å².